The van der Waals surface area contributed by atoms with Gasteiger partial charge in [0.2, 0.25) is 5.91 Å². The second-order valence-electron chi connectivity index (χ2n) is 3.51. The summed E-state index contributed by atoms with van der Waals surface area (Å²) < 4.78 is 10.5. The van der Waals surface area contributed by atoms with E-state index < -0.39 is 0 Å². The van der Waals surface area contributed by atoms with E-state index in [-0.39, 0.29) is 5.91 Å². The van der Waals surface area contributed by atoms with Crippen molar-refractivity contribution < 1.29 is 14.3 Å². The molecule has 4 heteroatoms. The predicted octanol–water partition coefficient (Wildman–Crippen LogP) is 1.81. The molecule has 92 valence electrons. The molecule has 0 saturated heterocycles. The Morgan fingerprint density at radius 2 is 2.12 bits per heavy atom. The van der Waals surface area contributed by atoms with Crippen LogP contribution < -0.4 is 14.8 Å². The molecule has 0 saturated carbocycles. The van der Waals surface area contributed by atoms with Gasteiger partial charge in [0.15, 0.2) is 11.5 Å². The lowest BCUT2D eigenvalue weighted by Crippen LogP contribution is -2.20. The van der Waals surface area contributed by atoms with Crippen LogP contribution in [0.5, 0.6) is 11.5 Å². The fourth-order valence-electron chi connectivity index (χ4n) is 1.57. The monoisotopic (exact) mass is 235 g/mol. The van der Waals surface area contributed by atoms with Gasteiger partial charge in [0.05, 0.1) is 14.2 Å². The summed E-state index contributed by atoms with van der Waals surface area (Å²) in [5, 5.41) is 2.72. The lowest BCUT2D eigenvalue weighted by Gasteiger charge is -2.14. The molecule has 0 radical (unpaired) electrons. The van der Waals surface area contributed by atoms with Crippen LogP contribution in [0.25, 0.3) is 0 Å². The number of hydrogen-bond acceptors (Lipinski definition) is 3. The minimum Gasteiger partial charge on any atom is -0.493 e. The number of ether oxygens (including phenoxy) is 2. The van der Waals surface area contributed by atoms with Crippen molar-refractivity contribution in [2.45, 2.75) is 13.5 Å². The maximum Gasteiger partial charge on any atom is 0.243 e. The average molecular weight is 235 g/mol. The number of carbonyl (C=O) groups excluding carboxylic acids is 1. The van der Waals surface area contributed by atoms with Gasteiger partial charge in [-0.2, -0.15) is 0 Å². The Hall–Kier alpha value is -1.97. The van der Waals surface area contributed by atoms with E-state index in [1.807, 2.05) is 19.1 Å². The highest BCUT2D eigenvalue weighted by atomic mass is 16.5. The minimum absolute atomic E-state index is 0.195. The molecule has 0 aliphatic heterocycles. The smallest absolute Gasteiger partial charge is 0.243 e. The highest BCUT2D eigenvalue weighted by Gasteiger charge is 2.11. The van der Waals surface area contributed by atoms with Crippen LogP contribution in [0.1, 0.15) is 11.1 Å². The maximum atomic E-state index is 11.1. The van der Waals surface area contributed by atoms with Gasteiger partial charge in [0, 0.05) is 6.54 Å². The van der Waals surface area contributed by atoms with E-state index in [0.29, 0.717) is 18.0 Å². The topological polar surface area (TPSA) is 47.6 Å². The van der Waals surface area contributed by atoms with E-state index in [4.69, 9.17) is 9.47 Å². The molecule has 0 bridgehead atoms. The molecular formula is C13H17NO3. The molecule has 0 unspecified atom stereocenters. The molecule has 0 heterocycles. The summed E-state index contributed by atoms with van der Waals surface area (Å²) in [6, 6.07) is 3.72. The molecule has 0 atom stereocenters. The fourth-order valence-corrected chi connectivity index (χ4v) is 1.57. The second-order valence-corrected chi connectivity index (χ2v) is 3.51. The molecule has 0 fully saturated rings. The average Bonchev–Trinajstić information content (AvgIpc) is 2.36. The zero-order valence-corrected chi connectivity index (χ0v) is 10.4. The summed E-state index contributed by atoms with van der Waals surface area (Å²) in [7, 11) is 3.19. The van der Waals surface area contributed by atoms with Gasteiger partial charge in [-0.3, -0.25) is 4.79 Å². The van der Waals surface area contributed by atoms with E-state index in [0.717, 1.165) is 11.1 Å². The number of nitrogens with one attached hydrogen (secondary N) is 1. The van der Waals surface area contributed by atoms with Crippen molar-refractivity contribution in [3.8, 4) is 11.5 Å². The molecule has 1 amide bonds. The van der Waals surface area contributed by atoms with Crippen molar-refractivity contribution in [1.29, 1.82) is 0 Å². The van der Waals surface area contributed by atoms with Crippen molar-refractivity contribution >= 4 is 5.91 Å². The zero-order chi connectivity index (χ0) is 12.8. The Balaban J connectivity index is 2.94. The first-order chi connectivity index (χ1) is 8.13. The summed E-state index contributed by atoms with van der Waals surface area (Å²) in [5.41, 5.74) is 1.94. The third kappa shape index (κ3) is 3.00. The van der Waals surface area contributed by atoms with E-state index in [2.05, 4.69) is 11.9 Å². The first kappa shape index (κ1) is 13.1. The van der Waals surface area contributed by atoms with Gasteiger partial charge in [-0.05, 0) is 30.2 Å². The van der Waals surface area contributed by atoms with Crippen LogP contribution in [0.3, 0.4) is 0 Å². The predicted molar refractivity (Wildman–Crippen MR) is 66.3 cm³/mol. The molecule has 1 aromatic carbocycles. The minimum atomic E-state index is -0.195. The van der Waals surface area contributed by atoms with Gasteiger partial charge in [0.1, 0.15) is 0 Å². The Morgan fingerprint density at radius 3 is 2.65 bits per heavy atom. The Bertz CT molecular complexity index is 427. The van der Waals surface area contributed by atoms with Gasteiger partial charge in [-0.25, -0.2) is 0 Å². The van der Waals surface area contributed by atoms with Gasteiger partial charge in [-0.15, -0.1) is 0 Å². The van der Waals surface area contributed by atoms with Crippen LogP contribution in [0.2, 0.25) is 0 Å². The molecular weight excluding hydrogens is 218 g/mol. The van der Waals surface area contributed by atoms with E-state index >= 15 is 0 Å². The molecule has 0 aliphatic rings. The van der Waals surface area contributed by atoms with E-state index in [9.17, 15) is 4.79 Å². The van der Waals surface area contributed by atoms with E-state index in [1.54, 1.807) is 14.2 Å². The lowest BCUT2D eigenvalue weighted by molar-refractivity contribution is -0.116. The normalized spacial score (nSPS) is 9.59. The van der Waals surface area contributed by atoms with Gasteiger partial charge in [-0.1, -0.05) is 12.6 Å². The SMILES string of the molecule is C=CC(=O)NCc1ccc(OC)c(OC)c1C. The number of rotatable bonds is 5. The molecule has 17 heavy (non-hydrogen) atoms. The van der Waals surface area contributed by atoms with Crippen LogP contribution >= 0.6 is 0 Å². The van der Waals surface area contributed by atoms with Crippen LogP contribution in [0.4, 0.5) is 0 Å². The molecule has 0 spiro atoms. The van der Waals surface area contributed by atoms with Crippen LogP contribution in [0.15, 0.2) is 24.8 Å². The zero-order valence-electron chi connectivity index (χ0n) is 10.4. The van der Waals surface area contributed by atoms with Gasteiger partial charge < -0.3 is 14.8 Å². The third-order valence-electron chi connectivity index (χ3n) is 2.54. The number of benzene rings is 1. The fraction of sp³-hybridized carbons (Fsp3) is 0.308. The van der Waals surface area contributed by atoms with Crippen LogP contribution in [0, 0.1) is 6.92 Å². The van der Waals surface area contributed by atoms with Gasteiger partial charge in [0.25, 0.3) is 0 Å². The second kappa shape index (κ2) is 5.94. The van der Waals surface area contributed by atoms with Crippen molar-refractivity contribution in [2.24, 2.45) is 0 Å². The Morgan fingerprint density at radius 1 is 1.41 bits per heavy atom. The molecule has 1 N–H and O–H groups in total. The maximum absolute atomic E-state index is 11.1. The standard InChI is InChI=1S/C13H17NO3/c1-5-12(15)14-8-10-6-7-11(16-3)13(17-4)9(10)2/h5-7H,1,8H2,2-4H3,(H,14,15). The van der Waals surface area contributed by atoms with Crippen molar-refractivity contribution in [3.63, 3.8) is 0 Å². The molecule has 0 aromatic heterocycles. The summed E-state index contributed by atoms with van der Waals surface area (Å²) in [6.45, 7) is 5.77. The first-order valence-corrected chi connectivity index (χ1v) is 5.24. The van der Waals surface area contributed by atoms with Crippen LogP contribution in [-0.4, -0.2) is 20.1 Å². The molecule has 4 nitrogen and oxygen atoms in total. The van der Waals surface area contributed by atoms with Crippen molar-refractivity contribution in [2.75, 3.05) is 14.2 Å². The summed E-state index contributed by atoms with van der Waals surface area (Å²) >= 11 is 0. The number of carbonyl (C=O) groups is 1. The summed E-state index contributed by atoms with van der Waals surface area (Å²) in [5.74, 6) is 1.18. The van der Waals surface area contributed by atoms with Crippen molar-refractivity contribution in [3.05, 3.63) is 35.9 Å². The highest BCUT2D eigenvalue weighted by molar-refractivity contribution is 5.86. The summed E-state index contributed by atoms with van der Waals surface area (Å²) in [4.78, 5) is 11.1. The summed E-state index contributed by atoms with van der Waals surface area (Å²) in [6.07, 6.45) is 1.25. The van der Waals surface area contributed by atoms with Gasteiger partial charge >= 0.3 is 0 Å². The van der Waals surface area contributed by atoms with E-state index in [1.165, 1.54) is 6.08 Å². The quantitative estimate of drug-likeness (QED) is 0.792. The molecule has 0 aliphatic carbocycles. The molecule has 1 rings (SSSR count). The van der Waals surface area contributed by atoms with Crippen molar-refractivity contribution in [1.82, 2.24) is 5.32 Å². The third-order valence-corrected chi connectivity index (χ3v) is 2.54. The highest BCUT2D eigenvalue weighted by Crippen LogP contribution is 2.32. The number of amides is 1. The Kier molecular flexibility index (Phi) is 4.57. The molecule has 1 aromatic rings. The van der Waals surface area contributed by atoms with Crippen LogP contribution in [-0.2, 0) is 11.3 Å². The largest absolute Gasteiger partial charge is 0.493 e. The Labute approximate surface area is 101 Å². The lowest BCUT2D eigenvalue weighted by atomic mass is 10.1. The number of methoxy groups -OCH3 is 2. The number of hydrogen-bond donors (Lipinski definition) is 1. The first-order valence-electron chi connectivity index (χ1n) is 5.24.